The van der Waals surface area contributed by atoms with Crippen molar-refractivity contribution in [1.29, 1.82) is 0 Å². The molecule has 0 heterocycles. The van der Waals surface area contributed by atoms with Gasteiger partial charge in [-0.25, -0.2) is 0 Å². The molecular formula is C14H22N2O2. The number of nitrogen functional groups attached to an aromatic ring is 1. The van der Waals surface area contributed by atoms with Gasteiger partial charge in [-0.3, -0.25) is 4.79 Å². The number of hydrogen-bond acceptors (Lipinski definition) is 3. The van der Waals surface area contributed by atoms with Gasteiger partial charge in [-0.2, -0.15) is 0 Å². The average Bonchev–Trinajstić information content (AvgIpc) is 2.37. The number of amides is 1. The molecular weight excluding hydrogens is 228 g/mol. The molecule has 0 aromatic heterocycles. The first-order valence-corrected chi connectivity index (χ1v) is 6.19. The van der Waals surface area contributed by atoms with Gasteiger partial charge in [0, 0.05) is 13.6 Å². The molecule has 1 unspecified atom stereocenters. The van der Waals surface area contributed by atoms with E-state index in [1.165, 1.54) is 7.11 Å². The minimum absolute atomic E-state index is 0.0561. The van der Waals surface area contributed by atoms with E-state index in [0.717, 1.165) is 13.0 Å². The maximum atomic E-state index is 12.3. The lowest BCUT2D eigenvalue weighted by molar-refractivity contribution is 0.0771. The maximum Gasteiger partial charge on any atom is 0.257 e. The van der Waals surface area contributed by atoms with Crippen LogP contribution < -0.4 is 10.5 Å². The standard InChI is InChI=1S/C14H22N2O2/c1-5-10(2)9-16(3)14(17)11-7-6-8-12(15)13(11)18-4/h6-8,10H,5,9,15H2,1-4H3. The van der Waals surface area contributed by atoms with Crippen molar-refractivity contribution in [3.63, 3.8) is 0 Å². The van der Waals surface area contributed by atoms with Crippen LogP contribution in [-0.2, 0) is 0 Å². The van der Waals surface area contributed by atoms with E-state index in [4.69, 9.17) is 10.5 Å². The molecule has 0 bridgehead atoms. The van der Waals surface area contributed by atoms with Gasteiger partial charge >= 0.3 is 0 Å². The van der Waals surface area contributed by atoms with Crippen LogP contribution in [0.5, 0.6) is 5.75 Å². The number of ether oxygens (including phenoxy) is 1. The van der Waals surface area contributed by atoms with Crippen LogP contribution in [0.4, 0.5) is 5.69 Å². The molecule has 18 heavy (non-hydrogen) atoms. The van der Waals surface area contributed by atoms with Crippen molar-refractivity contribution in [2.24, 2.45) is 5.92 Å². The van der Waals surface area contributed by atoms with Crippen molar-refractivity contribution in [2.45, 2.75) is 20.3 Å². The van der Waals surface area contributed by atoms with E-state index < -0.39 is 0 Å². The first kappa shape index (κ1) is 14.4. The molecule has 100 valence electrons. The number of nitrogens with two attached hydrogens (primary N) is 1. The van der Waals surface area contributed by atoms with E-state index in [1.807, 2.05) is 0 Å². The number of para-hydroxylation sites is 1. The highest BCUT2D eigenvalue weighted by Crippen LogP contribution is 2.26. The number of nitrogens with zero attached hydrogens (tertiary/aromatic N) is 1. The molecule has 2 N–H and O–H groups in total. The van der Waals surface area contributed by atoms with E-state index >= 15 is 0 Å². The Morgan fingerprint density at radius 2 is 2.17 bits per heavy atom. The summed E-state index contributed by atoms with van der Waals surface area (Å²) in [6.07, 6.45) is 1.05. The summed E-state index contributed by atoms with van der Waals surface area (Å²) in [6.45, 7) is 4.97. The number of rotatable bonds is 5. The molecule has 1 amide bonds. The molecule has 0 saturated heterocycles. The monoisotopic (exact) mass is 250 g/mol. The fourth-order valence-electron chi connectivity index (χ4n) is 1.84. The summed E-state index contributed by atoms with van der Waals surface area (Å²) in [5.41, 5.74) is 6.80. The van der Waals surface area contributed by atoms with Crippen LogP contribution in [0.3, 0.4) is 0 Å². The number of hydrogen-bond donors (Lipinski definition) is 1. The van der Waals surface area contributed by atoms with Gasteiger partial charge in [-0.15, -0.1) is 0 Å². The Kier molecular flexibility index (Phi) is 5.01. The van der Waals surface area contributed by atoms with E-state index in [9.17, 15) is 4.79 Å². The molecule has 0 aliphatic rings. The molecule has 0 saturated carbocycles. The van der Waals surface area contributed by atoms with Crippen LogP contribution in [0.1, 0.15) is 30.6 Å². The average molecular weight is 250 g/mol. The quantitative estimate of drug-likeness (QED) is 0.816. The number of carbonyl (C=O) groups is 1. The Bertz CT molecular complexity index is 418. The third kappa shape index (κ3) is 3.15. The summed E-state index contributed by atoms with van der Waals surface area (Å²) in [5.74, 6) is 0.879. The van der Waals surface area contributed by atoms with Gasteiger partial charge in [0.25, 0.3) is 5.91 Å². The van der Waals surface area contributed by atoms with Crippen LogP contribution >= 0.6 is 0 Å². The Hall–Kier alpha value is -1.71. The molecule has 0 aliphatic carbocycles. The van der Waals surface area contributed by atoms with Crippen molar-refractivity contribution in [3.05, 3.63) is 23.8 Å². The summed E-state index contributed by atoms with van der Waals surface area (Å²) < 4.78 is 5.21. The zero-order valence-electron chi connectivity index (χ0n) is 11.6. The molecule has 4 nitrogen and oxygen atoms in total. The van der Waals surface area contributed by atoms with Gasteiger partial charge in [0.1, 0.15) is 0 Å². The smallest absolute Gasteiger partial charge is 0.257 e. The second-order valence-corrected chi connectivity index (χ2v) is 4.63. The number of anilines is 1. The van der Waals surface area contributed by atoms with Crippen LogP contribution in [-0.4, -0.2) is 31.5 Å². The highest BCUT2D eigenvalue weighted by Gasteiger charge is 2.19. The van der Waals surface area contributed by atoms with E-state index in [2.05, 4.69) is 13.8 Å². The second kappa shape index (κ2) is 6.28. The van der Waals surface area contributed by atoms with Gasteiger partial charge in [0.05, 0.1) is 18.4 Å². The largest absolute Gasteiger partial charge is 0.494 e. The van der Waals surface area contributed by atoms with Gasteiger partial charge in [0.2, 0.25) is 0 Å². The third-order valence-corrected chi connectivity index (χ3v) is 3.11. The molecule has 0 spiro atoms. The van der Waals surface area contributed by atoms with Crippen molar-refractivity contribution in [1.82, 2.24) is 4.90 Å². The van der Waals surface area contributed by atoms with Crippen LogP contribution in [0.2, 0.25) is 0 Å². The molecule has 0 fully saturated rings. The van der Waals surface area contributed by atoms with Crippen molar-refractivity contribution < 1.29 is 9.53 Å². The van der Waals surface area contributed by atoms with Crippen LogP contribution in [0.15, 0.2) is 18.2 Å². The van der Waals surface area contributed by atoms with Gasteiger partial charge < -0.3 is 15.4 Å². The number of benzene rings is 1. The number of carbonyl (C=O) groups excluding carboxylic acids is 1. The predicted molar refractivity (Wildman–Crippen MR) is 73.8 cm³/mol. The Balaban J connectivity index is 2.93. The van der Waals surface area contributed by atoms with Crippen molar-refractivity contribution >= 4 is 11.6 Å². The maximum absolute atomic E-state index is 12.3. The molecule has 0 aliphatic heterocycles. The van der Waals surface area contributed by atoms with Crippen LogP contribution in [0.25, 0.3) is 0 Å². The zero-order valence-corrected chi connectivity index (χ0v) is 11.6. The van der Waals surface area contributed by atoms with E-state index in [1.54, 1.807) is 30.1 Å². The van der Waals surface area contributed by atoms with Gasteiger partial charge in [-0.05, 0) is 18.1 Å². The fourth-order valence-corrected chi connectivity index (χ4v) is 1.84. The minimum Gasteiger partial charge on any atom is -0.494 e. The fraction of sp³-hybridized carbons (Fsp3) is 0.500. The lowest BCUT2D eigenvalue weighted by atomic mass is 10.1. The topological polar surface area (TPSA) is 55.6 Å². The first-order chi connectivity index (χ1) is 8.51. The van der Waals surface area contributed by atoms with Gasteiger partial charge in [0.15, 0.2) is 5.75 Å². The number of methoxy groups -OCH3 is 1. The molecule has 4 heteroatoms. The molecule has 1 aromatic carbocycles. The van der Waals surface area contributed by atoms with Crippen molar-refractivity contribution in [2.75, 3.05) is 26.4 Å². The van der Waals surface area contributed by atoms with E-state index in [-0.39, 0.29) is 5.91 Å². The summed E-state index contributed by atoms with van der Waals surface area (Å²) >= 11 is 0. The molecule has 1 aromatic rings. The SMILES string of the molecule is CCC(C)CN(C)C(=O)c1cccc(N)c1OC. The minimum atomic E-state index is -0.0561. The van der Waals surface area contributed by atoms with E-state index in [0.29, 0.717) is 22.9 Å². The molecule has 1 rings (SSSR count). The van der Waals surface area contributed by atoms with Crippen molar-refractivity contribution in [3.8, 4) is 5.75 Å². The first-order valence-electron chi connectivity index (χ1n) is 6.19. The lowest BCUT2D eigenvalue weighted by Crippen LogP contribution is -2.31. The molecule has 0 radical (unpaired) electrons. The summed E-state index contributed by atoms with van der Waals surface area (Å²) in [7, 11) is 3.33. The normalized spacial score (nSPS) is 12.0. The highest BCUT2D eigenvalue weighted by molar-refractivity contribution is 5.98. The lowest BCUT2D eigenvalue weighted by Gasteiger charge is -2.22. The highest BCUT2D eigenvalue weighted by atomic mass is 16.5. The van der Waals surface area contributed by atoms with Gasteiger partial charge in [-0.1, -0.05) is 26.3 Å². The molecule has 1 atom stereocenters. The Morgan fingerprint density at radius 1 is 1.50 bits per heavy atom. The summed E-state index contributed by atoms with van der Waals surface area (Å²) in [4.78, 5) is 14.0. The second-order valence-electron chi connectivity index (χ2n) is 4.63. The summed E-state index contributed by atoms with van der Waals surface area (Å²) in [6, 6.07) is 5.23. The zero-order chi connectivity index (χ0) is 13.7. The summed E-state index contributed by atoms with van der Waals surface area (Å²) in [5, 5.41) is 0. The predicted octanol–water partition coefficient (Wildman–Crippen LogP) is 2.40. The third-order valence-electron chi connectivity index (χ3n) is 3.11. The van der Waals surface area contributed by atoms with Crippen LogP contribution in [0, 0.1) is 5.92 Å². The Labute approximate surface area is 109 Å². The Morgan fingerprint density at radius 3 is 2.72 bits per heavy atom.